The van der Waals surface area contributed by atoms with E-state index in [1.54, 1.807) is 0 Å². The third-order valence-corrected chi connectivity index (χ3v) is 10.2. The second-order valence-electron chi connectivity index (χ2n) is 12.9. The summed E-state index contributed by atoms with van der Waals surface area (Å²) in [5.74, 6) is 0. The van der Waals surface area contributed by atoms with Crippen molar-refractivity contribution >= 4 is 93.5 Å². The molecule has 0 unspecified atom stereocenters. The van der Waals surface area contributed by atoms with E-state index in [9.17, 15) is 0 Å². The molecule has 0 aliphatic carbocycles. The summed E-state index contributed by atoms with van der Waals surface area (Å²) in [4.78, 5) is 2.43. The van der Waals surface area contributed by atoms with Gasteiger partial charge in [0.2, 0.25) is 0 Å². The van der Waals surface area contributed by atoms with Gasteiger partial charge in [0.15, 0.2) is 0 Å². The summed E-state index contributed by atoms with van der Waals surface area (Å²) in [6, 6.07) is 60.0. The fraction of sp³-hybridized carbons (Fsp3) is 0. The van der Waals surface area contributed by atoms with Crippen LogP contribution in [-0.4, -0.2) is 4.57 Å². The van der Waals surface area contributed by atoms with Crippen LogP contribution in [0.4, 0.5) is 17.1 Å². The summed E-state index contributed by atoms with van der Waals surface area (Å²) in [6.45, 7) is 0. The van der Waals surface area contributed by atoms with E-state index < -0.39 is 0 Å². The fourth-order valence-corrected chi connectivity index (χ4v) is 8.08. The number of hydrogen-bond donors (Lipinski definition) is 0. The van der Waals surface area contributed by atoms with Crippen molar-refractivity contribution in [1.29, 1.82) is 0 Å². The molecule has 11 aromatic rings. The van der Waals surface area contributed by atoms with Crippen molar-refractivity contribution in [2.75, 3.05) is 4.90 Å². The number of benzene rings is 8. The molecule has 0 aliphatic heterocycles. The van der Waals surface area contributed by atoms with Crippen molar-refractivity contribution in [1.82, 2.24) is 4.57 Å². The zero-order valence-corrected chi connectivity index (χ0v) is 26.9. The molecule has 3 heterocycles. The molecule has 0 aliphatic rings. The van der Waals surface area contributed by atoms with E-state index in [1.165, 1.54) is 10.8 Å². The van der Waals surface area contributed by atoms with Crippen LogP contribution in [0, 0.1) is 0 Å². The molecule has 4 nitrogen and oxygen atoms in total. The van der Waals surface area contributed by atoms with Crippen molar-refractivity contribution < 1.29 is 8.83 Å². The van der Waals surface area contributed by atoms with Crippen molar-refractivity contribution in [2.45, 2.75) is 0 Å². The lowest BCUT2D eigenvalue weighted by atomic mass is 10.0. The van der Waals surface area contributed by atoms with Gasteiger partial charge in [-0.3, -0.25) is 0 Å². The summed E-state index contributed by atoms with van der Waals surface area (Å²) in [7, 11) is 0. The van der Waals surface area contributed by atoms with E-state index in [0.29, 0.717) is 0 Å². The molecule has 0 fully saturated rings. The van der Waals surface area contributed by atoms with Gasteiger partial charge in [-0.2, -0.15) is 0 Å². The van der Waals surface area contributed by atoms with E-state index in [2.05, 4.69) is 167 Å². The van der Waals surface area contributed by atoms with E-state index in [0.717, 1.165) is 88.4 Å². The van der Waals surface area contributed by atoms with Gasteiger partial charge < -0.3 is 18.3 Å². The predicted octanol–water partition coefficient (Wildman–Crippen LogP) is 13.2. The highest BCUT2D eigenvalue weighted by Crippen LogP contribution is 2.50. The Morgan fingerprint density at radius 1 is 0.380 bits per heavy atom. The first kappa shape index (κ1) is 27.2. The number of furan rings is 2. The number of fused-ring (bicyclic) bond motifs is 11. The summed E-state index contributed by atoms with van der Waals surface area (Å²) in [5, 5.41) is 8.95. The predicted molar refractivity (Wildman–Crippen MR) is 208 cm³/mol. The topological polar surface area (TPSA) is 34.5 Å². The van der Waals surface area contributed by atoms with Crippen LogP contribution < -0.4 is 4.90 Å². The van der Waals surface area contributed by atoms with Crippen molar-refractivity contribution in [2.24, 2.45) is 0 Å². The molecule has 8 aromatic carbocycles. The van der Waals surface area contributed by atoms with Crippen LogP contribution >= 0.6 is 0 Å². The highest BCUT2D eigenvalue weighted by molar-refractivity contribution is 6.23. The van der Waals surface area contributed by atoms with Gasteiger partial charge in [-0.25, -0.2) is 0 Å². The molecule has 11 rings (SSSR count). The minimum Gasteiger partial charge on any atom is -0.456 e. The number of rotatable bonds is 4. The molecular formula is C46H28N2O2. The minimum absolute atomic E-state index is 0.846. The highest BCUT2D eigenvalue weighted by Gasteiger charge is 2.27. The summed E-state index contributed by atoms with van der Waals surface area (Å²) in [5.41, 5.74) is 9.97. The quantitative estimate of drug-likeness (QED) is 0.192. The molecule has 4 heteroatoms. The lowest BCUT2D eigenvalue weighted by molar-refractivity contribution is 0.669. The average molecular weight is 641 g/mol. The Morgan fingerprint density at radius 3 is 1.82 bits per heavy atom. The number of nitrogens with zero attached hydrogens (tertiary/aromatic N) is 2. The molecular weight excluding hydrogens is 613 g/mol. The third kappa shape index (κ3) is 3.76. The zero-order chi connectivity index (χ0) is 32.8. The Kier molecular flexibility index (Phi) is 5.63. The number of anilines is 3. The van der Waals surface area contributed by atoms with Crippen LogP contribution in [0.3, 0.4) is 0 Å². The molecule has 0 saturated heterocycles. The molecule has 0 saturated carbocycles. The van der Waals surface area contributed by atoms with Gasteiger partial charge in [-0.15, -0.1) is 0 Å². The minimum atomic E-state index is 0.846. The van der Waals surface area contributed by atoms with E-state index in [-0.39, 0.29) is 0 Å². The summed E-state index contributed by atoms with van der Waals surface area (Å²) >= 11 is 0. The van der Waals surface area contributed by atoms with Gasteiger partial charge in [-0.05, 0) is 66.0 Å². The number of aromatic nitrogens is 1. The van der Waals surface area contributed by atoms with Gasteiger partial charge in [0.1, 0.15) is 22.3 Å². The molecule has 0 spiro atoms. The van der Waals surface area contributed by atoms with Crippen molar-refractivity contribution in [3.63, 3.8) is 0 Å². The Bertz CT molecular complexity index is 3110. The molecule has 50 heavy (non-hydrogen) atoms. The normalized spacial score (nSPS) is 12.0. The maximum atomic E-state index is 6.75. The smallest absolute Gasteiger partial charge is 0.143 e. The largest absolute Gasteiger partial charge is 0.456 e. The highest BCUT2D eigenvalue weighted by atomic mass is 16.3. The van der Waals surface area contributed by atoms with E-state index >= 15 is 0 Å². The van der Waals surface area contributed by atoms with E-state index in [4.69, 9.17) is 8.83 Å². The van der Waals surface area contributed by atoms with Gasteiger partial charge in [0, 0.05) is 32.6 Å². The second-order valence-corrected chi connectivity index (χ2v) is 12.9. The average Bonchev–Trinajstić information content (AvgIpc) is 3.86. The van der Waals surface area contributed by atoms with Crippen LogP contribution in [0.1, 0.15) is 0 Å². The van der Waals surface area contributed by atoms with Crippen LogP contribution in [0.15, 0.2) is 179 Å². The Hall–Kier alpha value is -6.78. The molecule has 0 amide bonds. The number of hydrogen-bond acceptors (Lipinski definition) is 3. The van der Waals surface area contributed by atoms with Gasteiger partial charge >= 0.3 is 0 Å². The lowest BCUT2D eigenvalue weighted by Gasteiger charge is -2.28. The maximum absolute atomic E-state index is 6.75. The maximum Gasteiger partial charge on any atom is 0.143 e. The zero-order valence-electron chi connectivity index (χ0n) is 26.9. The van der Waals surface area contributed by atoms with Gasteiger partial charge in [0.05, 0.1) is 38.9 Å². The monoisotopic (exact) mass is 640 g/mol. The molecule has 3 aromatic heterocycles. The first-order valence-corrected chi connectivity index (χ1v) is 16.9. The lowest BCUT2D eigenvalue weighted by Crippen LogP contribution is -2.12. The third-order valence-electron chi connectivity index (χ3n) is 10.2. The second kappa shape index (κ2) is 10.4. The SMILES string of the molecule is c1ccc(-n2c3ccccc3c3cccc(N(c4cccc5oc6ccccc6c45)c4cccc5oc6c7ccccc7ccc6c45)c32)cc1. The summed E-state index contributed by atoms with van der Waals surface area (Å²) < 4.78 is 15.6. The van der Waals surface area contributed by atoms with Crippen LogP contribution in [-0.2, 0) is 0 Å². The van der Waals surface area contributed by atoms with Crippen LogP contribution in [0.5, 0.6) is 0 Å². The molecule has 0 atom stereocenters. The molecule has 0 radical (unpaired) electrons. The van der Waals surface area contributed by atoms with Crippen LogP contribution in [0.2, 0.25) is 0 Å². The Labute approximate surface area is 286 Å². The first-order chi connectivity index (χ1) is 24.8. The first-order valence-electron chi connectivity index (χ1n) is 16.9. The molecule has 0 bridgehead atoms. The Morgan fingerprint density at radius 2 is 0.980 bits per heavy atom. The van der Waals surface area contributed by atoms with Crippen LogP contribution in [0.25, 0.3) is 82.1 Å². The molecule has 234 valence electrons. The Balaban J connectivity index is 1.33. The van der Waals surface area contributed by atoms with E-state index in [1.807, 2.05) is 12.1 Å². The summed E-state index contributed by atoms with van der Waals surface area (Å²) in [6.07, 6.45) is 0. The van der Waals surface area contributed by atoms with Crippen molar-refractivity contribution in [3.05, 3.63) is 170 Å². The standard InChI is InChI=1S/C46H28N2O2/c1-2-14-30(15-3-1)47-36-20-8-6-17-32(36)33-19-10-23-39(45(33)47)48(37-21-11-25-41-43(37)34-18-7-9-24-40(34)49-41)38-22-12-26-42-44(38)35-28-27-29-13-4-5-16-31(29)46(35)50-42/h1-28H. The number of para-hydroxylation sites is 4. The molecule has 0 N–H and O–H groups in total. The fourth-order valence-electron chi connectivity index (χ4n) is 8.08. The van der Waals surface area contributed by atoms with Crippen molar-refractivity contribution in [3.8, 4) is 5.69 Å². The van der Waals surface area contributed by atoms with Gasteiger partial charge in [-0.1, -0.05) is 109 Å². The van der Waals surface area contributed by atoms with Gasteiger partial charge in [0.25, 0.3) is 0 Å².